The molecule has 64 valence electrons. The lowest BCUT2D eigenvalue weighted by molar-refractivity contribution is -0.402. The maximum Gasteiger partial charge on any atom is 0.433 e. The fraction of sp³-hybridized carbons (Fsp3) is 0.167. The summed E-state index contributed by atoms with van der Waals surface area (Å²) in [6.07, 6.45) is 1.24. The van der Waals surface area contributed by atoms with Crippen LogP contribution in [0.3, 0.4) is 0 Å². The topological polar surface area (TPSA) is 77.9 Å². The van der Waals surface area contributed by atoms with Gasteiger partial charge in [-0.15, -0.1) is 0 Å². The first-order valence-corrected chi connectivity index (χ1v) is 3.05. The maximum atomic E-state index is 10.1. The van der Waals surface area contributed by atoms with Gasteiger partial charge < -0.3 is 9.25 Å². The van der Waals surface area contributed by atoms with Crippen LogP contribution in [0.4, 0.5) is 5.88 Å². The minimum atomic E-state index is -0.621. The van der Waals surface area contributed by atoms with Gasteiger partial charge in [0.25, 0.3) is 0 Å². The van der Waals surface area contributed by atoms with Crippen molar-refractivity contribution < 1.29 is 14.2 Å². The van der Waals surface area contributed by atoms with Gasteiger partial charge in [0.15, 0.2) is 5.76 Å². The Morgan fingerprint density at radius 1 is 1.75 bits per heavy atom. The first kappa shape index (κ1) is 8.25. The molecule has 1 aromatic rings. The van der Waals surface area contributed by atoms with Crippen molar-refractivity contribution in [2.75, 3.05) is 7.11 Å². The summed E-state index contributed by atoms with van der Waals surface area (Å²) in [5, 5.41) is 13.5. The van der Waals surface area contributed by atoms with Gasteiger partial charge in [-0.1, -0.05) is 5.16 Å². The second kappa shape index (κ2) is 3.51. The molecule has 0 atom stereocenters. The number of hydrogen-bond acceptors (Lipinski definition) is 5. The summed E-state index contributed by atoms with van der Waals surface area (Å²) < 4.78 is 4.72. The van der Waals surface area contributed by atoms with E-state index in [9.17, 15) is 10.1 Å². The molecule has 0 aliphatic rings. The van der Waals surface area contributed by atoms with Crippen molar-refractivity contribution in [2.45, 2.75) is 0 Å². The van der Waals surface area contributed by atoms with E-state index in [2.05, 4.69) is 9.99 Å². The van der Waals surface area contributed by atoms with Crippen LogP contribution in [-0.4, -0.2) is 18.2 Å². The lowest BCUT2D eigenvalue weighted by Gasteiger charge is -1.83. The van der Waals surface area contributed by atoms with E-state index in [1.165, 1.54) is 25.5 Å². The van der Waals surface area contributed by atoms with Crippen LogP contribution in [0.2, 0.25) is 0 Å². The third kappa shape index (κ3) is 1.82. The highest BCUT2D eigenvalue weighted by atomic mass is 16.6. The van der Waals surface area contributed by atoms with Crippen LogP contribution in [0.15, 0.2) is 21.7 Å². The zero-order valence-corrected chi connectivity index (χ0v) is 6.26. The molecule has 0 aliphatic carbocycles. The minimum Gasteiger partial charge on any atom is -0.400 e. The molecule has 0 aromatic carbocycles. The average Bonchev–Trinajstić information content (AvgIpc) is 2.48. The van der Waals surface area contributed by atoms with E-state index in [0.29, 0.717) is 0 Å². The van der Waals surface area contributed by atoms with Crippen LogP contribution in [-0.2, 0) is 4.84 Å². The molecular weight excluding hydrogens is 164 g/mol. The van der Waals surface area contributed by atoms with Crippen molar-refractivity contribution >= 4 is 12.1 Å². The van der Waals surface area contributed by atoms with Gasteiger partial charge in [-0.25, -0.2) is 0 Å². The smallest absolute Gasteiger partial charge is 0.400 e. The van der Waals surface area contributed by atoms with Crippen molar-refractivity contribution in [3.8, 4) is 0 Å². The molecule has 1 heterocycles. The van der Waals surface area contributed by atoms with Gasteiger partial charge in [-0.2, -0.15) is 0 Å². The number of nitro groups is 1. The van der Waals surface area contributed by atoms with Crippen molar-refractivity contribution in [3.63, 3.8) is 0 Å². The highest BCUT2D eigenvalue weighted by Crippen LogP contribution is 2.13. The Balaban J connectivity index is 2.77. The molecule has 0 N–H and O–H groups in total. The van der Waals surface area contributed by atoms with E-state index in [4.69, 9.17) is 4.42 Å². The molecule has 1 aromatic heterocycles. The zero-order valence-electron chi connectivity index (χ0n) is 6.26. The molecule has 0 saturated heterocycles. The molecular formula is C6H6N2O4. The Kier molecular flexibility index (Phi) is 2.42. The summed E-state index contributed by atoms with van der Waals surface area (Å²) in [6.45, 7) is 0. The van der Waals surface area contributed by atoms with Gasteiger partial charge in [0.05, 0.1) is 6.07 Å². The maximum absolute atomic E-state index is 10.1. The quantitative estimate of drug-likeness (QED) is 0.387. The Bertz CT molecular complexity index is 304. The molecule has 6 heteroatoms. The first-order chi connectivity index (χ1) is 5.74. The lowest BCUT2D eigenvalue weighted by atomic mass is 10.5. The second-order valence-electron chi connectivity index (χ2n) is 1.85. The van der Waals surface area contributed by atoms with Gasteiger partial charge in [0, 0.05) is 0 Å². The van der Waals surface area contributed by atoms with E-state index in [1.807, 2.05) is 0 Å². The van der Waals surface area contributed by atoms with Gasteiger partial charge in [0.2, 0.25) is 0 Å². The summed E-state index contributed by atoms with van der Waals surface area (Å²) in [7, 11) is 1.37. The fourth-order valence-electron chi connectivity index (χ4n) is 0.614. The molecule has 0 bridgehead atoms. The summed E-state index contributed by atoms with van der Waals surface area (Å²) in [5.74, 6) is -0.0314. The van der Waals surface area contributed by atoms with Crippen LogP contribution in [0.1, 0.15) is 5.76 Å². The van der Waals surface area contributed by atoms with Crippen molar-refractivity contribution in [2.24, 2.45) is 5.16 Å². The van der Waals surface area contributed by atoms with Gasteiger partial charge in [-0.05, 0) is 6.07 Å². The molecule has 0 saturated carbocycles. The van der Waals surface area contributed by atoms with Crippen LogP contribution in [0.25, 0.3) is 0 Å². The zero-order chi connectivity index (χ0) is 8.97. The van der Waals surface area contributed by atoms with E-state index in [-0.39, 0.29) is 11.6 Å². The van der Waals surface area contributed by atoms with Crippen molar-refractivity contribution in [3.05, 3.63) is 28.0 Å². The standard InChI is InChI=1S/C6H6N2O4/c1-11-7-4-5-2-3-6(12-5)8(9)10/h2-4H,1H3/b7-4+. The SMILES string of the molecule is CO/N=C/c1ccc([N+](=O)[O-])o1. The number of oxime groups is 1. The van der Waals surface area contributed by atoms with E-state index in [0.717, 1.165) is 0 Å². The average molecular weight is 170 g/mol. The largest absolute Gasteiger partial charge is 0.433 e. The summed E-state index contributed by atoms with van der Waals surface area (Å²) >= 11 is 0. The highest BCUT2D eigenvalue weighted by molar-refractivity contribution is 5.75. The van der Waals surface area contributed by atoms with Crippen LogP contribution in [0.5, 0.6) is 0 Å². The predicted molar refractivity (Wildman–Crippen MR) is 40.0 cm³/mol. The van der Waals surface area contributed by atoms with Gasteiger partial charge in [-0.3, -0.25) is 10.1 Å². The third-order valence-electron chi connectivity index (χ3n) is 1.08. The van der Waals surface area contributed by atoms with E-state index in [1.54, 1.807) is 0 Å². The Labute approximate surface area is 67.6 Å². The summed E-state index contributed by atoms with van der Waals surface area (Å²) in [5.41, 5.74) is 0. The highest BCUT2D eigenvalue weighted by Gasteiger charge is 2.09. The monoisotopic (exact) mass is 170 g/mol. The number of rotatable bonds is 3. The summed E-state index contributed by atoms with van der Waals surface area (Å²) in [4.78, 5) is 13.9. The molecule has 0 aliphatic heterocycles. The third-order valence-corrected chi connectivity index (χ3v) is 1.08. The van der Waals surface area contributed by atoms with E-state index >= 15 is 0 Å². The van der Waals surface area contributed by atoms with Gasteiger partial charge in [0.1, 0.15) is 18.2 Å². The van der Waals surface area contributed by atoms with Crippen LogP contribution >= 0.6 is 0 Å². The molecule has 6 nitrogen and oxygen atoms in total. The Morgan fingerprint density at radius 3 is 3.00 bits per heavy atom. The molecule has 12 heavy (non-hydrogen) atoms. The molecule has 0 spiro atoms. The van der Waals surface area contributed by atoms with Crippen molar-refractivity contribution in [1.29, 1.82) is 0 Å². The lowest BCUT2D eigenvalue weighted by Crippen LogP contribution is -1.83. The predicted octanol–water partition coefficient (Wildman–Crippen LogP) is 1.17. The number of furan rings is 1. The minimum absolute atomic E-state index is 0.281. The molecule has 0 amide bonds. The number of hydrogen-bond donors (Lipinski definition) is 0. The normalized spacial score (nSPS) is 10.4. The van der Waals surface area contributed by atoms with Crippen LogP contribution < -0.4 is 0 Å². The summed E-state index contributed by atoms with van der Waals surface area (Å²) in [6, 6.07) is 2.68. The molecule has 0 fully saturated rings. The molecule has 0 radical (unpaired) electrons. The van der Waals surface area contributed by atoms with Gasteiger partial charge >= 0.3 is 5.88 Å². The van der Waals surface area contributed by atoms with Crippen LogP contribution in [0, 0.1) is 10.1 Å². The Morgan fingerprint density at radius 2 is 2.50 bits per heavy atom. The first-order valence-electron chi connectivity index (χ1n) is 3.05. The second-order valence-corrected chi connectivity index (χ2v) is 1.85. The number of nitrogens with zero attached hydrogens (tertiary/aromatic N) is 2. The fourth-order valence-corrected chi connectivity index (χ4v) is 0.614. The molecule has 1 rings (SSSR count). The Hall–Kier alpha value is -1.85. The van der Waals surface area contributed by atoms with E-state index < -0.39 is 4.92 Å². The molecule has 0 unspecified atom stereocenters. The van der Waals surface area contributed by atoms with Crippen molar-refractivity contribution in [1.82, 2.24) is 0 Å².